The van der Waals surface area contributed by atoms with Crippen LogP contribution in [0.1, 0.15) is 93.0 Å². The monoisotopic (exact) mass is 354 g/mol. The van der Waals surface area contributed by atoms with Crippen LogP contribution in [0.3, 0.4) is 0 Å². The van der Waals surface area contributed by atoms with Crippen LogP contribution >= 0.6 is 0 Å². The average molecular weight is 355 g/mol. The maximum atomic E-state index is 12.8. The van der Waals surface area contributed by atoms with Crippen LogP contribution < -0.4 is 0 Å². The van der Waals surface area contributed by atoms with Gasteiger partial charge in [-0.3, -0.25) is 9.36 Å². The van der Waals surface area contributed by atoms with Gasteiger partial charge in [0.1, 0.15) is 5.82 Å². The molecule has 0 fully saturated rings. The van der Waals surface area contributed by atoms with Gasteiger partial charge >= 0.3 is 0 Å². The summed E-state index contributed by atoms with van der Waals surface area (Å²) >= 11 is 0. The summed E-state index contributed by atoms with van der Waals surface area (Å²) in [5.41, 5.74) is 1.76. The Morgan fingerprint density at radius 2 is 1.46 bits per heavy atom. The van der Waals surface area contributed by atoms with Crippen molar-refractivity contribution in [3.63, 3.8) is 0 Å². The topological polar surface area (TPSA) is 34.9 Å². The van der Waals surface area contributed by atoms with Crippen LogP contribution in [0.2, 0.25) is 0 Å². The first-order chi connectivity index (χ1) is 12.7. The van der Waals surface area contributed by atoms with Gasteiger partial charge < -0.3 is 0 Å². The van der Waals surface area contributed by atoms with Crippen molar-refractivity contribution in [3.8, 4) is 0 Å². The Morgan fingerprint density at radius 3 is 2.08 bits per heavy atom. The number of aryl methyl sites for hydroxylation is 2. The molecule has 3 nitrogen and oxygen atoms in total. The van der Waals surface area contributed by atoms with Crippen LogP contribution in [0.4, 0.5) is 0 Å². The van der Waals surface area contributed by atoms with Gasteiger partial charge in [-0.2, -0.15) is 0 Å². The predicted octanol–water partition coefficient (Wildman–Crippen LogP) is 6.34. The van der Waals surface area contributed by atoms with Crippen LogP contribution in [0.15, 0.2) is 36.5 Å². The van der Waals surface area contributed by atoms with Crippen molar-refractivity contribution in [2.24, 2.45) is 0 Å². The maximum Gasteiger partial charge on any atom is 0.263 e. The van der Waals surface area contributed by atoms with Crippen molar-refractivity contribution in [2.75, 3.05) is 0 Å². The first-order valence-electron chi connectivity index (χ1n) is 10.4. The number of nitrogens with zero attached hydrogens (tertiary/aromatic N) is 2. The second-order valence-corrected chi connectivity index (χ2v) is 7.24. The van der Waals surface area contributed by atoms with E-state index in [4.69, 9.17) is 0 Å². The summed E-state index contributed by atoms with van der Waals surface area (Å²) in [6.45, 7) is 4.17. The van der Waals surface area contributed by atoms with Gasteiger partial charge in [0.05, 0.1) is 0 Å². The molecule has 0 bridgehead atoms. The lowest BCUT2D eigenvalue weighted by Crippen LogP contribution is -2.16. The van der Waals surface area contributed by atoms with E-state index in [1.807, 2.05) is 43.5 Å². The fraction of sp³-hybridized carbons (Fsp3) is 0.565. The first kappa shape index (κ1) is 20.4. The van der Waals surface area contributed by atoms with Crippen molar-refractivity contribution < 1.29 is 4.79 Å². The van der Waals surface area contributed by atoms with E-state index in [2.05, 4.69) is 11.9 Å². The standard InChI is InChI=1S/C23H34N2O/c1-3-4-5-6-7-8-9-10-11-15-18-22-19-24-20(2)25(22)23(26)21-16-13-12-14-17-21/h12-14,16-17,19H,3-11,15,18H2,1-2H3. The summed E-state index contributed by atoms with van der Waals surface area (Å²) in [4.78, 5) is 17.1. The van der Waals surface area contributed by atoms with Gasteiger partial charge in [0.15, 0.2) is 0 Å². The molecule has 0 N–H and O–H groups in total. The van der Waals surface area contributed by atoms with Gasteiger partial charge in [-0.05, 0) is 31.9 Å². The van der Waals surface area contributed by atoms with Gasteiger partial charge in [-0.25, -0.2) is 4.98 Å². The summed E-state index contributed by atoms with van der Waals surface area (Å²) in [5.74, 6) is 0.809. The number of hydrogen-bond acceptors (Lipinski definition) is 2. The highest BCUT2D eigenvalue weighted by Gasteiger charge is 2.15. The van der Waals surface area contributed by atoms with Crippen molar-refractivity contribution in [1.29, 1.82) is 0 Å². The molecule has 0 saturated carbocycles. The third-order valence-corrected chi connectivity index (χ3v) is 5.02. The Hall–Kier alpha value is -1.90. The number of unbranched alkanes of at least 4 members (excludes halogenated alkanes) is 9. The van der Waals surface area contributed by atoms with E-state index in [0.29, 0.717) is 0 Å². The smallest absolute Gasteiger partial charge is 0.263 e. The summed E-state index contributed by atoms with van der Waals surface area (Å²) in [6.07, 6.45) is 16.0. The third-order valence-electron chi connectivity index (χ3n) is 5.02. The molecule has 0 amide bonds. The summed E-state index contributed by atoms with van der Waals surface area (Å²) in [6, 6.07) is 9.48. The number of carbonyl (C=O) groups is 1. The number of benzene rings is 1. The molecule has 0 radical (unpaired) electrons. The number of carbonyl (C=O) groups excluding carboxylic acids is 1. The molecule has 1 aromatic carbocycles. The second kappa shape index (κ2) is 11.7. The molecular formula is C23H34N2O. The molecule has 1 heterocycles. The number of rotatable bonds is 12. The zero-order chi connectivity index (χ0) is 18.6. The van der Waals surface area contributed by atoms with E-state index in [9.17, 15) is 4.79 Å². The van der Waals surface area contributed by atoms with Gasteiger partial charge in [-0.1, -0.05) is 82.9 Å². The highest BCUT2D eigenvalue weighted by Crippen LogP contribution is 2.15. The van der Waals surface area contributed by atoms with Gasteiger partial charge in [0.2, 0.25) is 0 Å². The zero-order valence-electron chi connectivity index (χ0n) is 16.5. The fourth-order valence-electron chi connectivity index (χ4n) is 3.45. The quantitative estimate of drug-likeness (QED) is 0.417. The molecule has 2 aromatic rings. The summed E-state index contributed by atoms with van der Waals surface area (Å²) in [5, 5.41) is 0. The molecule has 1 aromatic heterocycles. The molecule has 0 atom stereocenters. The molecule has 0 spiro atoms. The Bertz CT molecular complexity index is 645. The van der Waals surface area contributed by atoms with E-state index in [1.54, 1.807) is 4.57 Å². The Kier molecular flexibility index (Phi) is 9.16. The van der Waals surface area contributed by atoms with Crippen LogP contribution in [0.25, 0.3) is 0 Å². The SMILES string of the molecule is CCCCCCCCCCCCc1cnc(C)n1C(=O)c1ccccc1. The third kappa shape index (κ3) is 6.44. The molecule has 142 valence electrons. The minimum Gasteiger partial charge on any atom is -0.268 e. The first-order valence-corrected chi connectivity index (χ1v) is 10.4. The molecule has 0 aliphatic heterocycles. The van der Waals surface area contributed by atoms with Crippen molar-refractivity contribution in [1.82, 2.24) is 9.55 Å². The van der Waals surface area contributed by atoms with E-state index < -0.39 is 0 Å². The highest BCUT2D eigenvalue weighted by molar-refractivity contribution is 5.96. The molecular weight excluding hydrogens is 320 g/mol. The molecule has 26 heavy (non-hydrogen) atoms. The van der Waals surface area contributed by atoms with Crippen molar-refractivity contribution in [2.45, 2.75) is 84.5 Å². The Balaban J connectivity index is 1.71. The number of hydrogen-bond donors (Lipinski definition) is 0. The van der Waals surface area contributed by atoms with Crippen molar-refractivity contribution in [3.05, 3.63) is 53.6 Å². The predicted molar refractivity (Wildman–Crippen MR) is 109 cm³/mol. The molecule has 0 aliphatic rings. The van der Waals surface area contributed by atoms with E-state index in [0.717, 1.165) is 29.9 Å². The minimum atomic E-state index is 0.0303. The number of imidazole rings is 1. The van der Waals surface area contributed by atoms with E-state index in [-0.39, 0.29) is 5.91 Å². The zero-order valence-corrected chi connectivity index (χ0v) is 16.5. The van der Waals surface area contributed by atoms with Gasteiger partial charge in [0.25, 0.3) is 5.91 Å². The molecule has 3 heteroatoms. The maximum absolute atomic E-state index is 12.8. The summed E-state index contributed by atoms with van der Waals surface area (Å²) in [7, 11) is 0. The second-order valence-electron chi connectivity index (χ2n) is 7.24. The van der Waals surface area contributed by atoms with Gasteiger partial charge in [0, 0.05) is 17.5 Å². The van der Waals surface area contributed by atoms with Gasteiger partial charge in [-0.15, -0.1) is 0 Å². The minimum absolute atomic E-state index is 0.0303. The largest absolute Gasteiger partial charge is 0.268 e. The highest BCUT2D eigenvalue weighted by atomic mass is 16.2. The van der Waals surface area contributed by atoms with Crippen molar-refractivity contribution >= 4 is 5.91 Å². The van der Waals surface area contributed by atoms with Crippen LogP contribution in [0.5, 0.6) is 0 Å². The van der Waals surface area contributed by atoms with Crippen LogP contribution in [-0.2, 0) is 6.42 Å². The fourth-order valence-corrected chi connectivity index (χ4v) is 3.45. The van der Waals surface area contributed by atoms with E-state index >= 15 is 0 Å². The Morgan fingerprint density at radius 1 is 0.885 bits per heavy atom. The summed E-state index contributed by atoms with van der Waals surface area (Å²) < 4.78 is 1.78. The van der Waals surface area contributed by atoms with E-state index in [1.165, 1.54) is 57.8 Å². The lowest BCUT2D eigenvalue weighted by molar-refractivity contribution is 0.0954. The lowest BCUT2D eigenvalue weighted by Gasteiger charge is -2.09. The molecule has 0 aliphatic carbocycles. The molecule has 0 unspecified atom stereocenters. The molecule has 2 rings (SSSR count). The number of aromatic nitrogens is 2. The van der Waals surface area contributed by atoms with Crippen LogP contribution in [0, 0.1) is 6.92 Å². The average Bonchev–Trinajstić information content (AvgIpc) is 3.04. The Labute approximate surface area is 158 Å². The van der Waals surface area contributed by atoms with Crippen LogP contribution in [-0.4, -0.2) is 15.5 Å². The normalized spacial score (nSPS) is 11.0. The lowest BCUT2D eigenvalue weighted by atomic mass is 10.1. The molecule has 0 saturated heterocycles.